The molecule has 8 nitrogen and oxygen atoms in total. The van der Waals surface area contributed by atoms with Crippen LogP contribution in [0.4, 0.5) is 5.13 Å². The van der Waals surface area contributed by atoms with Gasteiger partial charge in [0.2, 0.25) is 11.8 Å². The van der Waals surface area contributed by atoms with Crippen molar-refractivity contribution in [3.63, 3.8) is 0 Å². The highest BCUT2D eigenvalue weighted by Crippen LogP contribution is 2.26. The quantitative estimate of drug-likeness (QED) is 0.498. The summed E-state index contributed by atoms with van der Waals surface area (Å²) in [6.45, 7) is 3.50. The number of thiazole rings is 1. The van der Waals surface area contributed by atoms with Crippen LogP contribution >= 0.6 is 11.3 Å². The lowest BCUT2D eigenvalue weighted by Gasteiger charge is -2.13. The van der Waals surface area contributed by atoms with E-state index in [0.29, 0.717) is 5.13 Å². The zero-order valence-electron chi connectivity index (χ0n) is 16.5. The van der Waals surface area contributed by atoms with Crippen molar-refractivity contribution in [2.75, 3.05) is 5.32 Å². The largest absolute Gasteiger partial charge is 0.350 e. The van der Waals surface area contributed by atoms with E-state index in [4.69, 9.17) is 0 Å². The number of nitrogens with zero attached hydrogens (tertiary/aromatic N) is 4. The van der Waals surface area contributed by atoms with Crippen LogP contribution in [0.2, 0.25) is 0 Å². The summed E-state index contributed by atoms with van der Waals surface area (Å²) in [5, 5.41) is 16.2. The molecule has 0 aliphatic rings. The minimum Gasteiger partial charge on any atom is -0.350 e. The summed E-state index contributed by atoms with van der Waals surface area (Å²) >= 11 is 1.36. The van der Waals surface area contributed by atoms with Crippen LogP contribution in [0.1, 0.15) is 25.5 Å². The fourth-order valence-corrected chi connectivity index (χ4v) is 3.86. The molecule has 0 saturated heterocycles. The molecule has 0 bridgehead atoms. The lowest BCUT2D eigenvalue weighted by atomic mass is 10.1. The summed E-state index contributed by atoms with van der Waals surface area (Å²) in [4.78, 5) is 28.1. The number of fused-ring (bicyclic) bond motifs is 1. The molecular weight excluding hydrogens is 400 g/mol. The van der Waals surface area contributed by atoms with E-state index in [-0.39, 0.29) is 24.4 Å². The van der Waals surface area contributed by atoms with Crippen LogP contribution in [-0.2, 0) is 16.1 Å². The average Bonchev–Trinajstić information content (AvgIpc) is 3.35. The number of rotatable bonds is 6. The van der Waals surface area contributed by atoms with Crippen LogP contribution < -0.4 is 10.6 Å². The van der Waals surface area contributed by atoms with E-state index in [1.807, 2.05) is 60.8 Å². The van der Waals surface area contributed by atoms with Crippen molar-refractivity contribution in [1.82, 2.24) is 25.3 Å². The minimum absolute atomic E-state index is 0.0605. The Morgan fingerprint density at radius 3 is 2.67 bits per heavy atom. The van der Waals surface area contributed by atoms with Crippen molar-refractivity contribution in [2.45, 2.75) is 26.4 Å². The van der Waals surface area contributed by atoms with E-state index < -0.39 is 0 Å². The fourth-order valence-electron chi connectivity index (χ4n) is 3.12. The normalized spacial score (nSPS) is 11.9. The van der Waals surface area contributed by atoms with Gasteiger partial charge in [-0.1, -0.05) is 41.6 Å². The Morgan fingerprint density at radius 1 is 1.13 bits per heavy atom. The highest BCUT2D eigenvalue weighted by molar-refractivity contribution is 7.14. The van der Waals surface area contributed by atoms with Crippen LogP contribution in [0, 0.1) is 0 Å². The van der Waals surface area contributed by atoms with Gasteiger partial charge in [0.25, 0.3) is 0 Å². The average molecular weight is 420 g/mol. The number of aromatic nitrogens is 4. The maximum absolute atomic E-state index is 12.4. The molecule has 2 aromatic heterocycles. The van der Waals surface area contributed by atoms with E-state index in [1.165, 1.54) is 18.3 Å². The van der Waals surface area contributed by atoms with E-state index >= 15 is 0 Å². The van der Waals surface area contributed by atoms with Crippen LogP contribution in [0.15, 0.2) is 53.9 Å². The number of carbonyl (C=O) groups is 2. The summed E-state index contributed by atoms with van der Waals surface area (Å²) in [6, 6.07) is 15.3. The Labute approximate surface area is 176 Å². The molecule has 0 aliphatic carbocycles. The first kappa shape index (κ1) is 19.7. The predicted molar refractivity (Wildman–Crippen MR) is 116 cm³/mol. The molecule has 1 atom stereocenters. The molecule has 0 spiro atoms. The molecule has 9 heteroatoms. The maximum atomic E-state index is 12.4. The Morgan fingerprint density at radius 2 is 1.90 bits per heavy atom. The van der Waals surface area contributed by atoms with Crippen molar-refractivity contribution in [3.05, 3.63) is 59.5 Å². The summed E-state index contributed by atoms with van der Waals surface area (Å²) in [5.74, 6) is -0.281. The molecule has 2 heterocycles. The van der Waals surface area contributed by atoms with Crippen molar-refractivity contribution in [3.8, 4) is 11.3 Å². The molecule has 30 heavy (non-hydrogen) atoms. The molecule has 152 valence electrons. The second-order valence-electron chi connectivity index (χ2n) is 6.87. The first-order chi connectivity index (χ1) is 14.5. The number of anilines is 1. The smallest absolute Gasteiger partial charge is 0.247 e. The lowest BCUT2D eigenvalue weighted by Crippen LogP contribution is -2.23. The van der Waals surface area contributed by atoms with Gasteiger partial charge in [-0.3, -0.25) is 9.59 Å². The zero-order valence-corrected chi connectivity index (χ0v) is 17.3. The van der Waals surface area contributed by atoms with Gasteiger partial charge in [-0.05, 0) is 24.6 Å². The lowest BCUT2D eigenvalue weighted by molar-refractivity contribution is -0.119. The maximum Gasteiger partial charge on any atom is 0.247 e. The van der Waals surface area contributed by atoms with Crippen LogP contribution in [-0.4, -0.2) is 31.8 Å². The topological polar surface area (TPSA) is 102 Å². The number of amides is 2. The number of carbonyl (C=O) groups excluding carboxylic acids is 2. The molecule has 0 saturated carbocycles. The van der Waals surface area contributed by atoms with Gasteiger partial charge in [-0.2, -0.15) is 0 Å². The Kier molecular flexibility index (Phi) is 5.53. The number of nitrogens with one attached hydrogen (secondary N) is 2. The molecule has 0 fully saturated rings. The molecule has 0 aliphatic heterocycles. The molecule has 4 aromatic rings. The number of hydrogen-bond acceptors (Lipinski definition) is 6. The van der Waals surface area contributed by atoms with Crippen molar-refractivity contribution in [2.24, 2.45) is 0 Å². The Balaban J connectivity index is 1.41. The van der Waals surface area contributed by atoms with Crippen molar-refractivity contribution < 1.29 is 9.59 Å². The predicted octanol–water partition coefficient (Wildman–Crippen LogP) is 3.39. The Hall–Kier alpha value is -3.59. The van der Waals surface area contributed by atoms with Gasteiger partial charge >= 0.3 is 0 Å². The van der Waals surface area contributed by atoms with E-state index in [0.717, 1.165) is 27.9 Å². The van der Waals surface area contributed by atoms with E-state index in [9.17, 15) is 9.59 Å². The minimum atomic E-state index is -0.217. The van der Waals surface area contributed by atoms with Crippen LogP contribution in [0.5, 0.6) is 0 Å². The van der Waals surface area contributed by atoms with Crippen LogP contribution in [0.3, 0.4) is 0 Å². The van der Waals surface area contributed by atoms with E-state index in [1.54, 1.807) is 4.68 Å². The van der Waals surface area contributed by atoms with Gasteiger partial charge in [0.05, 0.1) is 17.3 Å². The summed E-state index contributed by atoms with van der Waals surface area (Å²) in [7, 11) is 0. The molecule has 2 amide bonds. The van der Waals surface area contributed by atoms with Gasteiger partial charge in [0, 0.05) is 17.9 Å². The third kappa shape index (κ3) is 4.36. The summed E-state index contributed by atoms with van der Waals surface area (Å²) in [6.07, 6.45) is 0. The van der Waals surface area contributed by atoms with Gasteiger partial charge in [0.15, 0.2) is 5.13 Å². The van der Waals surface area contributed by atoms with Crippen molar-refractivity contribution in [1.29, 1.82) is 0 Å². The highest BCUT2D eigenvalue weighted by atomic mass is 32.1. The Bertz CT molecular complexity index is 1200. The monoisotopic (exact) mass is 420 g/mol. The first-order valence-electron chi connectivity index (χ1n) is 9.40. The van der Waals surface area contributed by atoms with Crippen molar-refractivity contribution >= 4 is 39.3 Å². The second kappa shape index (κ2) is 8.42. The van der Waals surface area contributed by atoms with Gasteiger partial charge < -0.3 is 10.6 Å². The standard InChI is InChI=1S/C21H20N6O2S/c1-13(22-14(2)28)15-7-9-16(10-8-15)18-12-30-21(23-18)24-20(29)11-27-19-6-4-3-5-17(19)25-26-27/h3-10,12-13H,11H2,1-2H3,(H,22,28)(H,23,24,29)/t13-/m0/s1. The highest BCUT2D eigenvalue weighted by Gasteiger charge is 2.12. The fraction of sp³-hybridized carbons (Fsp3) is 0.190. The number of benzene rings is 2. The number of hydrogen-bond donors (Lipinski definition) is 2. The third-order valence-corrected chi connectivity index (χ3v) is 5.35. The molecule has 4 rings (SSSR count). The first-order valence-corrected chi connectivity index (χ1v) is 10.3. The van der Waals surface area contributed by atoms with E-state index in [2.05, 4.69) is 25.9 Å². The molecule has 0 radical (unpaired) electrons. The van der Waals surface area contributed by atoms with Gasteiger partial charge in [-0.25, -0.2) is 9.67 Å². The molecule has 2 aromatic carbocycles. The molecular formula is C21H20N6O2S. The van der Waals surface area contributed by atoms with Gasteiger partial charge in [0.1, 0.15) is 12.1 Å². The summed E-state index contributed by atoms with van der Waals surface area (Å²) in [5.41, 5.74) is 4.28. The summed E-state index contributed by atoms with van der Waals surface area (Å²) < 4.78 is 1.56. The molecule has 0 unspecified atom stereocenters. The van der Waals surface area contributed by atoms with Gasteiger partial charge in [-0.15, -0.1) is 16.4 Å². The SMILES string of the molecule is CC(=O)N[C@@H](C)c1ccc(-c2csc(NC(=O)Cn3nnc4ccccc43)n2)cc1. The second-order valence-corrected chi connectivity index (χ2v) is 7.72. The molecule has 2 N–H and O–H groups in total. The zero-order chi connectivity index (χ0) is 21.1. The third-order valence-electron chi connectivity index (χ3n) is 4.59. The van der Waals surface area contributed by atoms with Crippen LogP contribution in [0.25, 0.3) is 22.3 Å². The number of para-hydroxylation sites is 1.